The summed E-state index contributed by atoms with van der Waals surface area (Å²) >= 11 is 3.47. The molecule has 0 saturated heterocycles. The fourth-order valence-corrected chi connectivity index (χ4v) is 4.35. The van der Waals surface area contributed by atoms with Gasteiger partial charge in [-0.25, -0.2) is 4.39 Å². The first-order chi connectivity index (χ1) is 17.9. The summed E-state index contributed by atoms with van der Waals surface area (Å²) in [6.07, 6.45) is 4.41. The Kier molecular flexibility index (Phi) is 11.4. The van der Waals surface area contributed by atoms with Crippen molar-refractivity contribution in [2.45, 2.75) is 39.3 Å². The summed E-state index contributed by atoms with van der Waals surface area (Å²) in [6.45, 7) is 4.56. The number of aromatic nitrogens is 1. The highest BCUT2D eigenvalue weighted by Gasteiger charge is 2.23. The Balaban J connectivity index is 1.76. The summed E-state index contributed by atoms with van der Waals surface area (Å²) in [5.41, 5.74) is 2.42. The molecule has 6 nitrogen and oxygen atoms in total. The standard InChI is InChI=1S/C29H35BrFN3O3/c1-3-4-15-33(21-27-10-6-16-32(27)20-23-11-13-25(30)14-12-23)28(35)22-34(17-7-18-37-2)29(36)24-8-5-9-26(31)19-24/h5-6,8-14,16,19H,3-4,7,15,17-18,20-22H2,1-2H3. The van der Waals surface area contributed by atoms with E-state index in [2.05, 4.69) is 39.6 Å². The van der Waals surface area contributed by atoms with Crippen molar-refractivity contribution in [3.8, 4) is 0 Å². The topological polar surface area (TPSA) is 54.8 Å². The van der Waals surface area contributed by atoms with Crippen LogP contribution in [0.4, 0.5) is 4.39 Å². The highest BCUT2D eigenvalue weighted by Crippen LogP contribution is 2.16. The lowest BCUT2D eigenvalue weighted by atomic mass is 10.2. The van der Waals surface area contributed by atoms with Gasteiger partial charge in [-0.2, -0.15) is 0 Å². The van der Waals surface area contributed by atoms with Crippen molar-refractivity contribution in [2.75, 3.05) is 33.4 Å². The second-order valence-electron chi connectivity index (χ2n) is 9.01. The Bertz CT molecular complexity index is 1150. The molecule has 3 rings (SSSR count). The SMILES string of the molecule is CCCCN(Cc1cccn1Cc1ccc(Br)cc1)C(=O)CN(CCCOC)C(=O)c1cccc(F)c1. The number of unbranched alkanes of at least 4 members (excludes halogenated alkanes) is 1. The van der Waals surface area contributed by atoms with E-state index in [0.29, 0.717) is 39.2 Å². The minimum Gasteiger partial charge on any atom is -0.385 e. The van der Waals surface area contributed by atoms with Crippen molar-refractivity contribution in [1.82, 2.24) is 14.4 Å². The molecule has 0 fully saturated rings. The largest absolute Gasteiger partial charge is 0.385 e. The molecule has 0 N–H and O–H groups in total. The molecule has 1 heterocycles. The minimum atomic E-state index is -0.481. The third kappa shape index (κ3) is 8.83. The maximum atomic E-state index is 13.8. The average Bonchev–Trinajstić information content (AvgIpc) is 3.33. The summed E-state index contributed by atoms with van der Waals surface area (Å²) in [7, 11) is 1.60. The Morgan fingerprint density at radius 3 is 2.46 bits per heavy atom. The lowest BCUT2D eigenvalue weighted by Crippen LogP contribution is -2.44. The minimum absolute atomic E-state index is 0.0732. The lowest BCUT2D eigenvalue weighted by molar-refractivity contribution is -0.132. The molecular weight excluding hydrogens is 537 g/mol. The molecule has 2 amide bonds. The van der Waals surface area contributed by atoms with E-state index in [0.717, 1.165) is 28.6 Å². The first-order valence-corrected chi connectivity index (χ1v) is 13.4. The van der Waals surface area contributed by atoms with Gasteiger partial charge >= 0.3 is 0 Å². The van der Waals surface area contributed by atoms with E-state index in [9.17, 15) is 14.0 Å². The maximum absolute atomic E-state index is 13.8. The van der Waals surface area contributed by atoms with E-state index in [4.69, 9.17) is 4.74 Å². The first-order valence-electron chi connectivity index (χ1n) is 12.6. The number of rotatable bonds is 14. The van der Waals surface area contributed by atoms with Crippen molar-refractivity contribution in [2.24, 2.45) is 0 Å². The van der Waals surface area contributed by atoms with Crippen LogP contribution in [0.3, 0.4) is 0 Å². The molecule has 3 aromatic rings. The van der Waals surface area contributed by atoms with Crippen LogP contribution in [-0.4, -0.2) is 59.5 Å². The van der Waals surface area contributed by atoms with Crippen LogP contribution in [0.15, 0.2) is 71.3 Å². The molecule has 0 saturated carbocycles. The Hall–Kier alpha value is -2.97. The van der Waals surface area contributed by atoms with Gasteiger partial charge in [-0.3, -0.25) is 9.59 Å². The summed E-state index contributed by atoms with van der Waals surface area (Å²) < 4.78 is 22.1. The van der Waals surface area contributed by atoms with E-state index in [-0.39, 0.29) is 23.9 Å². The molecule has 198 valence electrons. The van der Waals surface area contributed by atoms with Gasteiger partial charge in [0.25, 0.3) is 5.91 Å². The Morgan fingerprint density at radius 1 is 1.00 bits per heavy atom. The molecule has 0 aliphatic rings. The number of carbonyl (C=O) groups is 2. The van der Waals surface area contributed by atoms with Gasteiger partial charge in [0.2, 0.25) is 5.91 Å². The van der Waals surface area contributed by atoms with Crippen LogP contribution in [0.1, 0.15) is 47.8 Å². The fraction of sp³-hybridized carbons (Fsp3) is 0.379. The van der Waals surface area contributed by atoms with Gasteiger partial charge in [-0.05, 0) is 60.9 Å². The first kappa shape index (κ1) is 28.6. The molecule has 0 bridgehead atoms. The lowest BCUT2D eigenvalue weighted by Gasteiger charge is -2.28. The monoisotopic (exact) mass is 571 g/mol. The van der Waals surface area contributed by atoms with Crippen molar-refractivity contribution < 1.29 is 18.7 Å². The number of hydrogen-bond acceptors (Lipinski definition) is 3. The predicted octanol–water partition coefficient (Wildman–Crippen LogP) is 5.75. The van der Waals surface area contributed by atoms with E-state index < -0.39 is 5.82 Å². The molecule has 37 heavy (non-hydrogen) atoms. The smallest absolute Gasteiger partial charge is 0.254 e. The Labute approximate surface area is 227 Å². The second-order valence-corrected chi connectivity index (χ2v) is 9.92. The number of benzene rings is 2. The quantitative estimate of drug-likeness (QED) is 0.232. The van der Waals surface area contributed by atoms with Gasteiger partial charge < -0.3 is 19.1 Å². The molecule has 0 unspecified atom stereocenters. The average molecular weight is 573 g/mol. The van der Waals surface area contributed by atoms with Crippen molar-refractivity contribution >= 4 is 27.7 Å². The van der Waals surface area contributed by atoms with Crippen LogP contribution >= 0.6 is 15.9 Å². The number of ether oxygens (including phenoxy) is 1. The zero-order valence-electron chi connectivity index (χ0n) is 21.5. The normalized spacial score (nSPS) is 10.9. The molecule has 0 radical (unpaired) electrons. The molecule has 1 aromatic heterocycles. The van der Waals surface area contributed by atoms with Gasteiger partial charge in [-0.15, -0.1) is 0 Å². The number of carbonyl (C=O) groups excluding carboxylic acids is 2. The summed E-state index contributed by atoms with van der Waals surface area (Å²) in [6, 6.07) is 17.8. The van der Waals surface area contributed by atoms with Crippen molar-refractivity contribution in [1.29, 1.82) is 0 Å². The Morgan fingerprint density at radius 2 is 1.76 bits per heavy atom. The molecule has 2 aromatic carbocycles. The molecule has 0 spiro atoms. The van der Waals surface area contributed by atoms with Crippen molar-refractivity contribution in [3.05, 3.63) is 94.0 Å². The molecular formula is C29H35BrFN3O3. The third-order valence-electron chi connectivity index (χ3n) is 6.14. The summed E-state index contributed by atoms with van der Waals surface area (Å²) in [4.78, 5) is 30.1. The number of amides is 2. The molecule has 0 aliphatic carbocycles. The number of nitrogens with zero attached hydrogens (tertiary/aromatic N) is 3. The number of hydrogen-bond donors (Lipinski definition) is 0. The highest BCUT2D eigenvalue weighted by molar-refractivity contribution is 9.10. The van der Waals surface area contributed by atoms with Gasteiger partial charge in [0, 0.05) is 55.3 Å². The van der Waals surface area contributed by atoms with Gasteiger partial charge in [0.05, 0.1) is 6.54 Å². The van der Waals surface area contributed by atoms with Crippen molar-refractivity contribution in [3.63, 3.8) is 0 Å². The van der Waals surface area contributed by atoms with Crippen LogP contribution in [0.2, 0.25) is 0 Å². The summed E-state index contributed by atoms with van der Waals surface area (Å²) in [5, 5.41) is 0. The van der Waals surface area contributed by atoms with Crippen LogP contribution in [-0.2, 0) is 22.6 Å². The number of methoxy groups -OCH3 is 1. The van der Waals surface area contributed by atoms with Crippen LogP contribution < -0.4 is 0 Å². The number of halogens is 2. The molecule has 0 aliphatic heterocycles. The van der Waals surface area contributed by atoms with Gasteiger partial charge in [0.1, 0.15) is 12.4 Å². The van der Waals surface area contributed by atoms with E-state index in [1.54, 1.807) is 13.2 Å². The summed E-state index contributed by atoms with van der Waals surface area (Å²) in [5.74, 6) is -0.977. The zero-order valence-corrected chi connectivity index (χ0v) is 23.1. The van der Waals surface area contributed by atoms with Crippen LogP contribution in [0, 0.1) is 5.82 Å². The second kappa shape index (κ2) is 14.7. The zero-order chi connectivity index (χ0) is 26.6. The van der Waals surface area contributed by atoms with Gasteiger partial charge in [0.15, 0.2) is 0 Å². The van der Waals surface area contributed by atoms with Gasteiger partial charge in [-0.1, -0.05) is 47.5 Å². The van der Waals surface area contributed by atoms with Crippen LogP contribution in [0.5, 0.6) is 0 Å². The highest BCUT2D eigenvalue weighted by atomic mass is 79.9. The van der Waals surface area contributed by atoms with Crippen LogP contribution in [0.25, 0.3) is 0 Å². The van der Waals surface area contributed by atoms with E-state index in [1.807, 2.05) is 35.4 Å². The maximum Gasteiger partial charge on any atom is 0.254 e. The third-order valence-corrected chi connectivity index (χ3v) is 6.67. The fourth-order valence-electron chi connectivity index (χ4n) is 4.09. The van der Waals surface area contributed by atoms with E-state index >= 15 is 0 Å². The van der Waals surface area contributed by atoms with E-state index in [1.165, 1.54) is 23.1 Å². The molecule has 0 atom stereocenters. The molecule has 8 heteroatoms. The predicted molar refractivity (Wildman–Crippen MR) is 147 cm³/mol.